The lowest BCUT2D eigenvalue weighted by Crippen LogP contribution is -2.16. The number of aliphatic carboxylic acids is 1. The summed E-state index contributed by atoms with van der Waals surface area (Å²) in [6.45, 7) is 0. The molecule has 0 radical (unpaired) electrons. The monoisotopic (exact) mass is 314 g/mol. The van der Waals surface area contributed by atoms with Gasteiger partial charge in [-0.3, -0.25) is 0 Å². The van der Waals surface area contributed by atoms with Crippen molar-refractivity contribution in [2.75, 3.05) is 7.11 Å². The lowest BCUT2D eigenvalue weighted by molar-refractivity contribution is -0.143. The van der Waals surface area contributed by atoms with E-state index in [1.54, 1.807) is 0 Å². The van der Waals surface area contributed by atoms with Crippen molar-refractivity contribution >= 4 is 11.9 Å². The SMILES string of the molecule is C1CCCCC1.C1CCCCC1.COC(=O)C1OC1C(=O)O. The highest BCUT2D eigenvalue weighted by Gasteiger charge is 2.51. The van der Waals surface area contributed by atoms with Crippen molar-refractivity contribution in [2.45, 2.75) is 89.3 Å². The van der Waals surface area contributed by atoms with Crippen LogP contribution in [0.1, 0.15) is 77.0 Å². The van der Waals surface area contributed by atoms with Crippen LogP contribution < -0.4 is 0 Å². The van der Waals surface area contributed by atoms with E-state index < -0.39 is 24.1 Å². The highest BCUT2D eigenvalue weighted by atomic mass is 16.6. The third-order valence-electron chi connectivity index (χ3n) is 4.17. The van der Waals surface area contributed by atoms with Gasteiger partial charge in [-0.2, -0.15) is 0 Å². The predicted molar refractivity (Wildman–Crippen MR) is 83.7 cm³/mol. The first-order valence-electron chi connectivity index (χ1n) is 8.63. The van der Waals surface area contributed by atoms with Gasteiger partial charge in [0.1, 0.15) is 0 Å². The molecule has 3 rings (SSSR count). The first-order chi connectivity index (χ1) is 10.7. The lowest BCUT2D eigenvalue weighted by atomic mass is 10.0. The van der Waals surface area contributed by atoms with Crippen LogP contribution in [-0.4, -0.2) is 36.4 Å². The van der Waals surface area contributed by atoms with Crippen LogP contribution in [0.25, 0.3) is 0 Å². The molecule has 1 aliphatic heterocycles. The maximum absolute atomic E-state index is 10.5. The van der Waals surface area contributed by atoms with Gasteiger partial charge < -0.3 is 14.6 Å². The van der Waals surface area contributed by atoms with E-state index in [9.17, 15) is 9.59 Å². The fraction of sp³-hybridized carbons (Fsp3) is 0.882. The Morgan fingerprint density at radius 1 is 0.773 bits per heavy atom. The number of esters is 1. The summed E-state index contributed by atoms with van der Waals surface area (Å²) in [5.41, 5.74) is 0. The molecular weight excluding hydrogens is 284 g/mol. The van der Waals surface area contributed by atoms with Crippen molar-refractivity contribution in [1.82, 2.24) is 0 Å². The second-order valence-electron chi connectivity index (χ2n) is 6.08. The molecule has 3 fully saturated rings. The average molecular weight is 314 g/mol. The molecule has 0 bridgehead atoms. The Balaban J connectivity index is 0.000000174. The summed E-state index contributed by atoms with van der Waals surface area (Å²) >= 11 is 0. The number of carbonyl (C=O) groups excluding carboxylic acids is 1. The number of carbonyl (C=O) groups is 2. The van der Waals surface area contributed by atoms with E-state index in [0.717, 1.165) is 0 Å². The molecule has 0 spiro atoms. The predicted octanol–water partition coefficient (Wildman–Crippen LogP) is 3.69. The summed E-state index contributed by atoms with van der Waals surface area (Å²) in [4.78, 5) is 20.5. The number of carboxylic acid groups (broad SMARTS) is 1. The summed E-state index contributed by atoms with van der Waals surface area (Å²) < 4.78 is 8.68. The zero-order valence-corrected chi connectivity index (χ0v) is 13.7. The van der Waals surface area contributed by atoms with E-state index in [0.29, 0.717) is 0 Å². The second kappa shape index (κ2) is 11.5. The Labute approximate surface area is 133 Å². The number of ether oxygens (including phenoxy) is 2. The van der Waals surface area contributed by atoms with Crippen molar-refractivity contribution < 1.29 is 24.2 Å². The van der Waals surface area contributed by atoms with Gasteiger partial charge in [0.05, 0.1) is 7.11 Å². The normalized spacial score (nSPS) is 26.4. The van der Waals surface area contributed by atoms with Gasteiger partial charge in [-0.05, 0) is 0 Å². The fourth-order valence-electron chi connectivity index (χ4n) is 2.72. The minimum absolute atomic E-state index is 0.632. The highest BCUT2D eigenvalue weighted by Crippen LogP contribution is 2.22. The zero-order valence-electron chi connectivity index (χ0n) is 13.7. The van der Waals surface area contributed by atoms with E-state index >= 15 is 0 Å². The van der Waals surface area contributed by atoms with Crippen LogP contribution in [0.2, 0.25) is 0 Å². The first kappa shape index (κ1) is 18.9. The van der Waals surface area contributed by atoms with Crippen molar-refractivity contribution in [3.05, 3.63) is 0 Å². The summed E-state index contributed by atoms with van der Waals surface area (Å²) in [6.07, 6.45) is 16.1. The maximum Gasteiger partial charge on any atom is 0.338 e. The van der Waals surface area contributed by atoms with Crippen LogP contribution in [0.5, 0.6) is 0 Å². The Morgan fingerprint density at radius 2 is 1.09 bits per heavy atom. The van der Waals surface area contributed by atoms with Crippen molar-refractivity contribution in [3.8, 4) is 0 Å². The number of hydrogen-bond acceptors (Lipinski definition) is 4. The Hall–Kier alpha value is -1.10. The van der Waals surface area contributed by atoms with Gasteiger partial charge in [0.2, 0.25) is 0 Å². The van der Waals surface area contributed by atoms with Crippen LogP contribution in [0.15, 0.2) is 0 Å². The molecule has 0 aromatic rings. The Morgan fingerprint density at radius 3 is 1.27 bits per heavy atom. The molecule has 2 atom stereocenters. The molecule has 5 heteroatoms. The lowest BCUT2D eigenvalue weighted by Gasteiger charge is -2.05. The molecule has 2 saturated carbocycles. The van der Waals surface area contributed by atoms with Gasteiger partial charge >= 0.3 is 11.9 Å². The number of hydrogen-bond donors (Lipinski definition) is 1. The minimum Gasteiger partial charge on any atom is -0.479 e. The molecule has 2 unspecified atom stereocenters. The molecule has 0 amide bonds. The summed E-state index contributed by atoms with van der Waals surface area (Å²) in [7, 11) is 1.18. The number of carboxylic acids is 1. The fourth-order valence-corrected chi connectivity index (χ4v) is 2.72. The van der Waals surface area contributed by atoms with Crippen LogP contribution in [-0.2, 0) is 19.1 Å². The Kier molecular flexibility index (Phi) is 9.87. The van der Waals surface area contributed by atoms with Crippen LogP contribution in [0, 0.1) is 0 Å². The smallest absolute Gasteiger partial charge is 0.338 e. The van der Waals surface area contributed by atoms with Crippen molar-refractivity contribution in [3.63, 3.8) is 0 Å². The van der Waals surface area contributed by atoms with Crippen molar-refractivity contribution in [2.24, 2.45) is 0 Å². The van der Waals surface area contributed by atoms with E-state index in [2.05, 4.69) is 9.47 Å². The molecular formula is C17H30O5. The molecule has 0 aromatic heterocycles. The van der Waals surface area contributed by atoms with Gasteiger partial charge in [0, 0.05) is 0 Å². The summed E-state index contributed by atoms with van der Waals surface area (Å²) in [6, 6.07) is 0. The Bertz CT molecular complexity index is 286. The third kappa shape index (κ3) is 8.37. The third-order valence-corrected chi connectivity index (χ3v) is 4.17. The van der Waals surface area contributed by atoms with E-state index in [1.165, 1.54) is 84.2 Å². The second-order valence-corrected chi connectivity index (χ2v) is 6.08. The van der Waals surface area contributed by atoms with Crippen LogP contribution in [0.3, 0.4) is 0 Å². The van der Waals surface area contributed by atoms with Crippen molar-refractivity contribution in [1.29, 1.82) is 0 Å². The van der Waals surface area contributed by atoms with Gasteiger partial charge in [0.15, 0.2) is 12.2 Å². The molecule has 128 valence electrons. The van der Waals surface area contributed by atoms with Gasteiger partial charge in [-0.1, -0.05) is 77.0 Å². The van der Waals surface area contributed by atoms with Crippen LogP contribution in [0.4, 0.5) is 0 Å². The van der Waals surface area contributed by atoms with E-state index in [-0.39, 0.29) is 0 Å². The standard InChI is InChI=1S/2C6H12.C5H6O5/c2*1-2-4-6-5-3-1;1-9-5(8)3-2(10-3)4(6)7/h2*1-6H2;2-3H,1H3,(H,6,7). The topological polar surface area (TPSA) is 76.1 Å². The summed E-state index contributed by atoms with van der Waals surface area (Å²) in [5.74, 6) is -1.76. The largest absolute Gasteiger partial charge is 0.479 e. The quantitative estimate of drug-likeness (QED) is 0.621. The highest BCUT2D eigenvalue weighted by molar-refractivity contribution is 5.88. The van der Waals surface area contributed by atoms with Gasteiger partial charge in [-0.15, -0.1) is 0 Å². The number of epoxide rings is 1. The van der Waals surface area contributed by atoms with Gasteiger partial charge in [-0.25, -0.2) is 9.59 Å². The average Bonchev–Trinajstić information content (AvgIpc) is 3.39. The van der Waals surface area contributed by atoms with Gasteiger partial charge in [0.25, 0.3) is 0 Å². The maximum atomic E-state index is 10.5. The number of methoxy groups -OCH3 is 1. The molecule has 0 aromatic carbocycles. The van der Waals surface area contributed by atoms with E-state index in [1.807, 2.05) is 0 Å². The molecule has 1 N–H and O–H groups in total. The molecule has 22 heavy (non-hydrogen) atoms. The summed E-state index contributed by atoms with van der Waals surface area (Å²) in [5, 5.41) is 8.24. The first-order valence-corrected chi connectivity index (χ1v) is 8.63. The molecule has 3 aliphatic rings. The minimum atomic E-state index is -1.13. The van der Waals surface area contributed by atoms with E-state index in [4.69, 9.17) is 5.11 Å². The molecule has 2 aliphatic carbocycles. The molecule has 1 heterocycles. The number of rotatable bonds is 2. The van der Waals surface area contributed by atoms with Crippen LogP contribution >= 0.6 is 0 Å². The zero-order chi connectivity index (χ0) is 16.2. The molecule has 1 saturated heterocycles. The molecule has 5 nitrogen and oxygen atoms in total.